The standard InChI is InChI=1S/C17H29N3O3/c1-5-13(18)15(14-7-6-12-22-14)19-8-10-20(11-9-19)16(21)23-17(2,3)4/h6-7,12-13,15H,5,8-11,18H2,1-4H3. The van der Waals surface area contributed by atoms with Gasteiger partial charge in [0.2, 0.25) is 0 Å². The maximum Gasteiger partial charge on any atom is 0.410 e. The van der Waals surface area contributed by atoms with E-state index >= 15 is 0 Å². The molecule has 1 aromatic rings. The zero-order chi connectivity index (χ0) is 17.0. The van der Waals surface area contributed by atoms with Crippen LogP contribution in [0.15, 0.2) is 22.8 Å². The predicted octanol–water partition coefficient (Wildman–Crippen LogP) is 2.61. The Kier molecular flexibility index (Phi) is 5.70. The number of ether oxygens (including phenoxy) is 1. The van der Waals surface area contributed by atoms with Crippen LogP contribution in [0.25, 0.3) is 0 Å². The quantitative estimate of drug-likeness (QED) is 0.922. The molecule has 0 radical (unpaired) electrons. The molecule has 1 aliphatic rings. The van der Waals surface area contributed by atoms with Gasteiger partial charge in [0, 0.05) is 32.2 Å². The van der Waals surface area contributed by atoms with Gasteiger partial charge in [-0.1, -0.05) is 6.92 Å². The lowest BCUT2D eigenvalue weighted by Crippen LogP contribution is -2.53. The Balaban J connectivity index is 1.98. The molecule has 23 heavy (non-hydrogen) atoms. The first-order valence-electron chi connectivity index (χ1n) is 8.32. The van der Waals surface area contributed by atoms with Crippen LogP contribution in [0, 0.1) is 0 Å². The highest BCUT2D eigenvalue weighted by molar-refractivity contribution is 5.68. The molecule has 1 saturated heterocycles. The van der Waals surface area contributed by atoms with E-state index in [2.05, 4.69) is 11.8 Å². The third-order valence-corrected chi connectivity index (χ3v) is 4.07. The van der Waals surface area contributed by atoms with E-state index in [1.807, 2.05) is 32.9 Å². The topological polar surface area (TPSA) is 71.9 Å². The van der Waals surface area contributed by atoms with Crippen molar-refractivity contribution in [1.29, 1.82) is 0 Å². The van der Waals surface area contributed by atoms with Crippen LogP contribution in [0.5, 0.6) is 0 Å². The minimum Gasteiger partial charge on any atom is -0.468 e. The van der Waals surface area contributed by atoms with Gasteiger partial charge in [-0.2, -0.15) is 0 Å². The predicted molar refractivity (Wildman–Crippen MR) is 89.1 cm³/mol. The van der Waals surface area contributed by atoms with Gasteiger partial charge in [-0.05, 0) is 39.3 Å². The van der Waals surface area contributed by atoms with Crippen LogP contribution in [0.3, 0.4) is 0 Å². The third kappa shape index (κ3) is 4.72. The average Bonchev–Trinajstić information content (AvgIpc) is 3.00. The molecule has 2 N–H and O–H groups in total. The van der Waals surface area contributed by atoms with Gasteiger partial charge in [-0.3, -0.25) is 4.90 Å². The Morgan fingerprint density at radius 1 is 1.35 bits per heavy atom. The number of nitrogens with two attached hydrogens (primary N) is 1. The fraction of sp³-hybridized carbons (Fsp3) is 0.706. The molecule has 1 aromatic heterocycles. The summed E-state index contributed by atoms with van der Waals surface area (Å²) in [5.41, 5.74) is 5.85. The van der Waals surface area contributed by atoms with Gasteiger partial charge in [0.25, 0.3) is 0 Å². The molecule has 2 heterocycles. The first kappa shape index (κ1) is 17.8. The SMILES string of the molecule is CCC(N)C(c1ccco1)N1CCN(C(=O)OC(C)(C)C)CC1. The van der Waals surface area contributed by atoms with Crippen molar-refractivity contribution in [2.24, 2.45) is 5.73 Å². The molecule has 0 bridgehead atoms. The van der Waals surface area contributed by atoms with E-state index in [4.69, 9.17) is 14.9 Å². The van der Waals surface area contributed by atoms with E-state index in [-0.39, 0.29) is 18.2 Å². The van der Waals surface area contributed by atoms with Crippen LogP contribution in [0.1, 0.15) is 45.9 Å². The lowest BCUT2D eigenvalue weighted by molar-refractivity contribution is 0.00736. The highest BCUT2D eigenvalue weighted by Crippen LogP contribution is 2.27. The van der Waals surface area contributed by atoms with E-state index in [0.29, 0.717) is 13.1 Å². The average molecular weight is 323 g/mol. The molecule has 130 valence electrons. The van der Waals surface area contributed by atoms with E-state index in [1.165, 1.54) is 0 Å². The van der Waals surface area contributed by atoms with Crippen LogP contribution in [0.4, 0.5) is 4.79 Å². The molecule has 6 nitrogen and oxygen atoms in total. The molecule has 2 atom stereocenters. The minimum absolute atomic E-state index is 0.00854. The zero-order valence-electron chi connectivity index (χ0n) is 14.6. The number of nitrogens with zero attached hydrogens (tertiary/aromatic N) is 2. The molecule has 0 saturated carbocycles. The Bertz CT molecular complexity index is 488. The summed E-state index contributed by atoms with van der Waals surface area (Å²) in [6.07, 6.45) is 2.31. The molecule has 0 spiro atoms. The molecule has 2 unspecified atom stereocenters. The van der Waals surface area contributed by atoms with Gasteiger partial charge in [-0.25, -0.2) is 4.79 Å². The zero-order valence-corrected chi connectivity index (χ0v) is 14.6. The molecule has 6 heteroatoms. The molecule has 2 rings (SSSR count). The number of hydrogen-bond donors (Lipinski definition) is 1. The lowest BCUT2D eigenvalue weighted by atomic mass is 10.0. The fourth-order valence-electron chi connectivity index (χ4n) is 2.85. The summed E-state index contributed by atoms with van der Waals surface area (Å²) in [6, 6.07) is 3.92. The second kappa shape index (κ2) is 7.36. The number of amides is 1. The summed E-state index contributed by atoms with van der Waals surface area (Å²) in [5.74, 6) is 0.894. The summed E-state index contributed by atoms with van der Waals surface area (Å²) in [5, 5.41) is 0. The largest absolute Gasteiger partial charge is 0.468 e. The maximum atomic E-state index is 12.2. The smallest absolute Gasteiger partial charge is 0.410 e. The maximum absolute atomic E-state index is 12.2. The van der Waals surface area contributed by atoms with E-state index in [0.717, 1.165) is 25.3 Å². The number of carbonyl (C=O) groups is 1. The second-order valence-electron chi connectivity index (χ2n) is 7.04. The number of hydrogen-bond acceptors (Lipinski definition) is 5. The number of carbonyl (C=O) groups excluding carboxylic acids is 1. The van der Waals surface area contributed by atoms with E-state index in [9.17, 15) is 4.79 Å². The van der Waals surface area contributed by atoms with Crippen LogP contribution in [0.2, 0.25) is 0 Å². The molecule has 0 aromatic carbocycles. The first-order valence-corrected chi connectivity index (χ1v) is 8.32. The normalized spacial score (nSPS) is 19.4. The third-order valence-electron chi connectivity index (χ3n) is 4.07. The van der Waals surface area contributed by atoms with Crippen LogP contribution >= 0.6 is 0 Å². The molecular formula is C17H29N3O3. The summed E-state index contributed by atoms with van der Waals surface area (Å²) >= 11 is 0. The van der Waals surface area contributed by atoms with Crippen molar-refractivity contribution in [3.63, 3.8) is 0 Å². The first-order chi connectivity index (χ1) is 10.8. The Morgan fingerprint density at radius 2 is 2.00 bits per heavy atom. The summed E-state index contributed by atoms with van der Waals surface area (Å²) in [4.78, 5) is 16.2. The van der Waals surface area contributed by atoms with Gasteiger partial charge in [0.05, 0.1) is 12.3 Å². The molecule has 1 fully saturated rings. The number of rotatable bonds is 4. The number of furan rings is 1. The highest BCUT2D eigenvalue weighted by Gasteiger charge is 2.33. The highest BCUT2D eigenvalue weighted by atomic mass is 16.6. The van der Waals surface area contributed by atoms with Crippen molar-refractivity contribution < 1.29 is 13.9 Å². The minimum atomic E-state index is -0.463. The van der Waals surface area contributed by atoms with Crippen LogP contribution in [-0.2, 0) is 4.74 Å². The van der Waals surface area contributed by atoms with Crippen molar-refractivity contribution in [3.8, 4) is 0 Å². The fourth-order valence-corrected chi connectivity index (χ4v) is 2.85. The molecular weight excluding hydrogens is 294 g/mol. The summed E-state index contributed by atoms with van der Waals surface area (Å²) in [7, 11) is 0. The van der Waals surface area contributed by atoms with Gasteiger partial charge < -0.3 is 19.8 Å². The van der Waals surface area contributed by atoms with Crippen molar-refractivity contribution in [3.05, 3.63) is 24.2 Å². The lowest BCUT2D eigenvalue weighted by Gasteiger charge is -2.40. The van der Waals surface area contributed by atoms with Gasteiger partial charge in [-0.15, -0.1) is 0 Å². The van der Waals surface area contributed by atoms with E-state index < -0.39 is 5.60 Å². The Hall–Kier alpha value is -1.53. The van der Waals surface area contributed by atoms with E-state index in [1.54, 1.807) is 11.2 Å². The van der Waals surface area contributed by atoms with Crippen molar-refractivity contribution in [2.75, 3.05) is 26.2 Å². The van der Waals surface area contributed by atoms with Crippen LogP contribution in [-0.4, -0.2) is 53.7 Å². The number of piperazine rings is 1. The van der Waals surface area contributed by atoms with Crippen molar-refractivity contribution in [2.45, 2.75) is 51.8 Å². The van der Waals surface area contributed by atoms with Gasteiger partial charge >= 0.3 is 6.09 Å². The monoisotopic (exact) mass is 323 g/mol. The van der Waals surface area contributed by atoms with Gasteiger partial charge in [0.15, 0.2) is 0 Å². The summed E-state index contributed by atoms with van der Waals surface area (Å²) in [6.45, 7) is 10.5. The molecule has 0 aliphatic carbocycles. The second-order valence-corrected chi connectivity index (χ2v) is 7.04. The van der Waals surface area contributed by atoms with Crippen molar-refractivity contribution in [1.82, 2.24) is 9.80 Å². The van der Waals surface area contributed by atoms with Crippen LogP contribution < -0.4 is 5.73 Å². The molecule has 1 amide bonds. The van der Waals surface area contributed by atoms with Gasteiger partial charge in [0.1, 0.15) is 11.4 Å². The molecule has 1 aliphatic heterocycles. The van der Waals surface area contributed by atoms with Crippen molar-refractivity contribution >= 4 is 6.09 Å². The summed E-state index contributed by atoms with van der Waals surface area (Å²) < 4.78 is 11.0. The Labute approximate surface area is 138 Å². The Morgan fingerprint density at radius 3 is 2.48 bits per heavy atom.